The van der Waals surface area contributed by atoms with Gasteiger partial charge in [0.25, 0.3) is 5.91 Å². The molecule has 2 amide bonds. The third kappa shape index (κ3) is 4.51. The number of hydrogen-bond donors (Lipinski definition) is 3. The minimum absolute atomic E-state index is 0.0797. The number of carbonyl (C=O) groups excluding carboxylic acids is 2. The van der Waals surface area contributed by atoms with Gasteiger partial charge in [-0.1, -0.05) is 23.7 Å². The van der Waals surface area contributed by atoms with Gasteiger partial charge in [-0.15, -0.1) is 0 Å². The molecule has 0 bridgehead atoms. The molecule has 5 nitrogen and oxygen atoms in total. The SMILES string of the molecule is NCCC(=O)Nc1ccc(NC(=O)c2ccccc2F)c(Cl)c1. The Kier molecular flexibility index (Phi) is 5.67. The fraction of sp³-hybridized carbons (Fsp3) is 0.125. The second-order valence-electron chi connectivity index (χ2n) is 4.72. The average molecular weight is 336 g/mol. The minimum Gasteiger partial charge on any atom is -0.330 e. The zero-order valence-electron chi connectivity index (χ0n) is 12.1. The van der Waals surface area contributed by atoms with Gasteiger partial charge in [-0.2, -0.15) is 0 Å². The van der Waals surface area contributed by atoms with E-state index in [9.17, 15) is 14.0 Å². The lowest BCUT2D eigenvalue weighted by Crippen LogP contribution is -2.16. The first-order valence-electron chi connectivity index (χ1n) is 6.86. The van der Waals surface area contributed by atoms with Crippen molar-refractivity contribution in [3.63, 3.8) is 0 Å². The van der Waals surface area contributed by atoms with Gasteiger partial charge in [0.05, 0.1) is 16.3 Å². The molecule has 0 unspecified atom stereocenters. The molecule has 0 aliphatic heterocycles. The molecule has 0 aromatic heterocycles. The third-order valence-corrected chi connectivity index (χ3v) is 3.30. The van der Waals surface area contributed by atoms with Gasteiger partial charge in [-0.3, -0.25) is 9.59 Å². The Morgan fingerprint density at radius 2 is 1.87 bits per heavy atom. The van der Waals surface area contributed by atoms with Crippen LogP contribution in [0, 0.1) is 5.82 Å². The summed E-state index contributed by atoms with van der Waals surface area (Å²) in [5.74, 6) is -1.46. The fourth-order valence-corrected chi connectivity index (χ4v) is 2.11. The van der Waals surface area contributed by atoms with E-state index in [1.54, 1.807) is 12.1 Å². The number of halogens is 2. The molecule has 120 valence electrons. The van der Waals surface area contributed by atoms with E-state index in [1.807, 2.05) is 0 Å². The number of nitrogens with one attached hydrogen (secondary N) is 2. The highest BCUT2D eigenvalue weighted by Gasteiger charge is 2.13. The van der Waals surface area contributed by atoms with Crippen LogP contribution in [0.15, 0.2) is 42.5 Å². The number of nitrogens with two attached hydrogens (primary N) is 1. The molecule has 7 heteroatoms. The van der Waals surface area contributed by atoms with E-state index in [1.165, 1.54) is 30.3 Å². The van der Waals surface area contributed by atoms with Gasteiger partial charge in [0.2, 0.25) is 5.91 Å². The van der Waals surface area contributed by atoms with Crippen LogP contribution in [0.3, 0.4) is 0 Å². The van der Waals surface area contributed by atoms with Gasteiger partial charge in [-0.05, 0) is 30.3 Å². The van der Waals surface area contributed by atoms with Crippen molar-refractivity contribution in [1.29, 1.82) is 0 Å². The van der Waals surface area contributed by atoms with Crippen molar-refractivity contribution in [1.82, 2.24) is 0 Å². The molecular formula is C16H15ClFN3O2. The normalized spacial score (nSPS) is 10.2. The first-order chi connectivity index (χ1) is 11.0. The summed E-state index contributed by atoms with van der Waals surface area (Å²) in [6.45, 7) is 0.246. The second kappa shape index (κ2) is 7.71. The molecule has 23 heavy (non-hydrogen) atoms. The van der Waals surface area contributed by atoms with Crippen molar-refractivity contribution in [2.45, 2.75) is 6.42 Å². The van der Waals surface area contributed by atoms with E-state index in [0.717, 1.165) is 0 Å². The molecule has 2 aromatic carbocycles. The van der Waals surface area contributed by atoms with Crippen LogP contribution in [0.4, 0.5) is 15.8 Å². The molecule has 2 rings (SSSR count). The summed E-state index contributed by atoms with van der Waals surface area (Å²) < 4.78 is 13.6. The van der Waals surface area contributed by atoms with Crippen molar-refractivity contribution >= 4 is 34.8 Å². The molecule has 2 aromatic rings. The first kappa shape index (κ1) is 16.9. The molecule has 0 saturated carbocycles. The Hall–Kier alpha value is -2.44. The number of benzene rings is 2. The zero-order chi connectivity index (χ0) is 16.8. The maximum Gasteiger partial charge on any atom is 0.258 e. The van der Waals surface area contributed by atoms with E-state index >= 15 is 0 Å². The van der Waals surface area contributed by atoms with E-state index in [-0.39, 0.29) is 29.5 Å². The van der Waals surface area contributed by atoms with Crippen LogP contribution >= 0.6 is 11.6 Å². The molecule has 0 aliphatic rings. The van der Waals surface area contributed by atoms with Crippen molar-refractivity contribution in [3.8, 4) is 0 Å². The Morgan fingerprint density at radius 3 is 2.52 bits per heavy atom. The Labute approximate surface area is 137 Å². The van der Waals surface area contributed by atoms with Crippen LogP contribution < -0.4 is 16.4 Å². The van der Waals surface area contributed by atoms with Crippen molar-refractivity contribution in [2.75, 3.05) is 17.2 Å². The number of anilines is 2. The molecule has 0 spiro atoms. The van der Waals surface area contributed by atoms with Crippen LogP contribution in [-0.4, -0.2) is 18.4 Å². The minimum atomic E-state index is -0.619. The number of rotatable bonds is 5. The maximum absolute atomic E-state index is 13.6. The van der Waals surface area contributed by atoms with Gasteiger partial charge in [-0.25, -0.2) is 4.39 Å². The largest absolute Gasteiger partial charge is 0.330 e. The van der Waals surface area contributed by atoms with Crippen LogP contribution in [0.2, 0.25) is 5.02 Å². The number of carbonyl (C=O) groups is 2. The molecule has 0 aliphatic carbocycles. The van der Waals surface area contributed by atoms with Crippen molar-refractivity contribution < 1.29 is 14.0 Å². The summed E-state index contributed by atoms with van der Waals surface area (Å²) in [5, 5.41) is 5.38. The lowest BCUT2D eigenvalue weighted by Gasteiger charge is -2.10. The highest BCUT2D eigenvalue weighted by molar-refractivity contribution is 6.34. The Balaban J connectivity index is 2.11. The number of amides is 2. The summed E-state index contributed by atoms with van der Waals surface area (Å²) in [5.41, 5.74) is 6.01. The standard InChI is InChI=1S/C16H15ClFN3O2/c17-12-9-10(20-15(22)7-8-19)5-6-14(12)21-16(23)11-3-1-2-4-13(11)18/h1-6,9H,7-8,19H2,(H,20,22)(H,21,23). The summed E-state index contributed by atoms with van der Waals surface area (Å²) in [6.07, 6.45) is 0.198. The highest BCUT2D eigenvalue weighted by atomic mass is 35.5. The van der Waals surface area contributed by atoms with Crippen LogP contribution in [0.5, 0.6) is 0 Å². The molecular weight excluding hydrogens is 321 g/mol. The van der Waals surface area contributed by atoms with E-state index in [4.69, 9.17) is 17.3 Å². The lowest BCUT2D eigenvalue weighted by molar-refractivity contribution is -0.116. The molecule has 4 N–H and O–H groups in total. The fourth-order valence-electron chi connectivity index (χ4n) is 1.88. The Bertz CT molecular complexity index is 737. The molecule has 0 fully saturated rings. The smallest absolute Gasteiger partial charge is 0.258 e. The third-order valence-electron chi connectivity index (χ3n) is 2.99. The summed E-state index contributed by atoms with van der Waals surface area (Å²) in [4.78, 5) is 23.5. The van der Waals surface area contributed by atoms with Crippen molar-refractivity contribution in [2.24, 2.45) is 5.73 Å². The van der Waals surface area contributed by atoms with Gasteiger partial charge >= 0.3 is 0 Å². The van der Waals surface area contributed by atoms with Gasteiger partial charge in [0, 0.05) is 18.7 Å². The van der Waals surface area contributed by atoms with Crippen molar-refractivity contribution in [3.05, 3.63) is 58.9 Å². The predicted octanol–water partition coefficient (Wildman–Crippen LogP) is 3.02. The zero-order valence-corrected chi connectivity index (χ0v) is 12.9. The molecule has 0 heterocycles. The van der Waals surface area contributed by atoms with Gasteiger partial charge in [0.15, 0.2) is 0 Å². The second-order valence-corrected chi connectivity index (χ2v) is 5.12. The van der Waals surface area contributed by atoms with E-state index in [0.29, 0.717) is 11.4 Å². The quantitative estimate of drug-likeness (QED) is 0.785. The summed E-state index contributed by atoms with van der Waals surface area (Å²) in [6, 6.07) is 10.2. The lowest BCUT2D eigenvalue weighted by atomic mass is 10.2. The topological polar surface area (TPSA) is 84.2 Å². The van der Waals surface area contributed by atoms with Gasteiger partial charge in [0.1, 0.15) is 5.82 Å². The Morgan fingerprint density at radius 1 is 1.13 bits per heavy atom. The first-order valence-corrected chi connectivity index (χ1v) is 7.24. The summed E-state index contributed by atoms with van der Waals surface area (Å²) in [7, 11) is 0. The molecule has 0 atom stereocenters. The monoisotopic (exact) mass is 335 g/mol. The van der Waals surface area contributed by atoms with Gasteiger partial charge < -0.3 is 16.4 Å². The number of hydrogen-bond acceptors (Lipinski definition) is 3. The van der Waals surface area contributed by atoms with Crippen LogP contribution in [0.1, 0.15) is 16.8 Å². The van der Waals surface area contributed by atoms with E-state index in [2.05, 4.69) is 10.6 Å². The molecule has 0 saturated heterocycles. The van der Waals surface area contributed by atoms with Crippen LogP contribution in [0.25, 0.3) is 0 Å². The average Bonchev–Trinajstić information content (AvgIpc) is 2.50. The van der Waals surface area contributed by atoms with E-state index < -0.39 is 11.7 Å². The maximum atomic E-state index is 13.6. The highest BCUT2D eigenvalue weighted by Crippen LogP contribution is 2.26. The molecule has 0 radical (unpaired) electrons. The predicted molar refractivity (Wildman–Crippen MR) is 88.1 cm³/mol. The van der Waals surface area contributed by atoms with Crippen LogP contribution in [-0.2, 0) is 4.79 Å². The summed E-state index contributed by atoms with van der Waals surface area (Å²) >= 11 is 6.08.